The minimum Gasteiger partial charge on any atom is -0.287 e. The van der Waals surface area contributed by atoms with Crippen molar-refractivity contribution < 1.29 is 0 Å². The average molecular weight is 333 g/mol. The van der Waals surface area contributed by atoms with Gasteiger partial charge in [-0.3, -0.25) is 4.90 Å². The fourth-order valence-corrected chi connectivity index (χ4v) is 3.76. The molecule has 2 aromatic carbocycles. The second-order valence-corrected chi connectivity index (χ2v) is 7.44. The third-order valence-corrected chi connectivity index (χ3v) is 5.40. The topological polar surface area (TPSA) is 46.8 Å². The molecular weight excluding hydrogens is 310 g/mol. The van der Waals surface area contributed by atoms with Gasteiger partial charge in [-0.25, -0.2) is 0 Å². The third kappa shape index (κ3) is 2.55. The van der Waals surface area contributed by atoms with Crippen molar-refractivity contribution in [3.05, 3.63) is 71.0 Å². The molecule has 0 saturated carbocycles. The van der Waals surface area contributed by atoms with Crippen LogP contribution in [0, 0.1) is 6.92 Å². The van der Waals surface area contributed by atoms with E-state index in [-0.39, 0.29) is 11.6 Å². The number of nitrogens with zero attached hydrogens (tertiary/aromatic N) is 5. The highest BCUT2D eigenvalue weighted by Gasteiger charge is 2.40. The molecule has 0 unspecified atom stereocenters. The smallest absolute Gasteiger partial charge is 0.178 e. The first-order valence-corrected chi connectivity index (χ1v) is 8.64. The van der Waals surface area contributed by atoms with Crippen molar-refractivity contribution in [2.75, 3.05) is 7.05 Å². The van der Waals surface area contributed by atoms with Crippen LogP contribution >= 0.6 is 0 Å². The number of rotatable bonds is 2. The first-order valence-electron chi connectivity index (χ1n) is 8.64. The highest BCUT2D eigenvalue weighted by molar-refractivity contribution is 5.43. The number of hydrogen-bond acceptors (Lipinski definition) is 4. The molecule has 0 spiro atoms. The van der Waals surface area contributed by atoms with Gasteiger partial charge in [0.1, 0.15) is 0 Å². The number of para-hydroxylation sites is 1. The molecule has 0 N–H and O–H groups in total. The Morgan fingerprint density at radius 3 is 2.56 bits per heavy atom. The fourth-order valence-electron chi connectivity index (χ4n) is 3.76. The van der Waals surface area contributed by atoms with E-state index in [4.69, 9.17) is 0 Å². The Morgan fingerprint density at radius 2 is 1.76 bits per heavy atom. The largest absolute Gasteiger partial charge is 0.287 e. The van der Waals surface area contributed by atoms with Gasteiger partial charge in [-0.15, -0.1) is 5.10 Å². The molecule has 0 aliphatic carbocycles. The van der Waals surface area contributed by atoms with E-state index in [1.165, 1.54) is 11.1 Å². The van der Waals surface area contributed by atoms with Gasteiger partial charge < -0.3 is 0 Å². The van der Waals surface area contributed by atoms with Crippen LogP contribution in [-0.4, -0.2) is 37.7 Å². The molecule has 0 amide bonds. The number of likely N-dealkylation sites (N-methyl/N-ethyl adjacent to an activating group) is 1. The van der Waals surface area contributed by atoms with Crippen molar-refractivity contribution in [2.24, 2.45) is 0 Å². The first-order chi connectivity index (χ1) is 12.0. The normalized spacial score (nSPS) is 19.6. The van der Waals surface area contributed by atoms with Crippen LogP contribution in [0.25, 0.3) is 5.69 Å². The summed E-state index contributed by atoms with van der Waals surface area (Å²) >= 11 is 0. The van der Waals surface area contributed by atoms with E-state index in [0.29, 0.717) is 0 Å². The van der Waals surface area contributed by atoms with Crippen LogP contribution in [-0.2, 0) is 6.42 Å². The van der Waals surface area contributed by atoms with Crippen LogP contribution in [0.2, 0.25) is 0 Å². The standard InChI is InChI=1S/C20H23N5/c1-14-9-5-8-12-17(14)25-19(21-22-23-25)18-16-11-7-6-10-15(16)13-20(2,3)24(18)4/h5-12,18H,13H2,1-4H3/t18-/m1/s1. The Hall–Kier alpha value is -2.53. The van der Waals surface area contributed by atoms with Crippen LogP contribution in [0.4, 0.5) is 0 Å². The van der Waals surface area contributed by atoms with Crippen molar-refractivity contribution in [3.8, 4) is 5.69 Å². The van der Waals surface area contributed by atoms with Gasteiger partial charge in [0.15, 0.2) is 5.82 Å². The maximum absolute atomic E-state index is 4.43. The van der Waals surface area contributed by atoms with Gasteiger partial charge in [-0.05, 0) is 67.4 Å². The van der Waals surface area contributed by atoms with Crippen molar-refractivity contribution in [1.29, 1.82) is 0 Å². The van der Waals surface area contributed by atoms with Crippen molar-refractivity contribution in [3.63, 3.8) is 0 Å². The molecule has 1 aromatic heterocycles. The molecule has 0 radical (unpaired) electrons. The molecule has 1 aliphatic heterocycles. The number of aromatic nitrogens is 4. The average Bonchev–Trinajstić information content (AvgIpc) is 3.05. The molecule has 5 nitrogen and oxygen atoms in total. The van der Waals surface area contributed by atoms with Crippen LogP contribution in [0.15, 0.2) is 48.5 Å². The minimum absolute atomic E-state index is 0.0227. The summed E-state index contributed by atoms with van der Waals surface area (Å²) in [4.78, 5) is 2.38. The van der Waals surface area contributed by atoms with Crippen LogP contribution in [0.5, 0.6) is 0 Å². The van der Waals surface area contributed by atoms with E-state index in [2.05, 4.69) is 84.6 Å². The van der Waals surface area contributed by atoms with E-state index in [9.17, 15) is 0 Å². The zero-order valence-electron chi connectivity index (χ0n) is 15.1. The Balaban J connectivity index is 1.91. The highest BCUT2D eigenvalue weighted by atomic mass is 15.6. The van der Waals surface area contributed by atoms with Crippen LogP contribution in [0.3, 0.4) is 0 Å². The van der Waals surface area contributed by atoms with Crippen molar-refractivity contribution >= 4 is 0 Å². The zero-order chi connectivity index (χ0) is 17.6. The van der Waals surface area contributed by atoms with Gasteiger partial charge in [-0.1, -0.05) is 42.5 Å². The molecule has 0 fully saturated rings. The summed E-state index contributed by atoms with van der Waals surface area (Å²) in [5, 5.41) is 12.7. The Morgan fingerprint density at radius 1 is 1.04 bits per heavy atom. The first kappa shape index (κ1) is 16.0. The summed E-state index contributed by atoms with van der Waals surface area (Å²) in [6.45, 7) is 6.64. The SMILES string of the molecule is Cc1ccccc1-n1nnnc1[C@H]1c2ccccc2CC(C)(C)N1C. The summed E-state index contributed by atoms with van der Waals surface area (Å²) in [5.74, 6) is 0.858. The van der Waals surface area contributed by atoms with Crippen LogP contribution in [0.1, 0.15) is 42.4 Å². The van der Waals surface area contributed by atoms with Gasteiger partial charge in [-0.2, -0.15) is 4.68 Å². The lowest BCUT2D eigenvalue weighted by Gasteiger charge is -2.45. The van der Waals surface area contributed by atoms with Crippen LogP contribution < -0.4 is 0 Å². The fraction of sp³-hybridized carbons (Fsp3) is 0.350. The second-order valence-electron chi connectivity index (χ2n) is 7.44. The summed E-state index contributed by atoms with van der Waals surface area (Å²) in [7, 11) is 2.16. The quantitative estimate of drug-likeness (QED) is 0.722. The Bertz CT molecular complexity index is 912. The minimum atomic E-state index is 0.0227. The molecule has 0 saturated heterocycles. The van der Waals surface area contributed by atoms with E-state index < -0.39 is 0 Å². The molecule has 3 aromatic rings. The summed E-state index contributed by atoms with van der Waals surface area (Å²) < 4.78 is 1.88. The molecule has 0 bridgehead atoms. The number of fused-ring (bicyclic) bond motifs is 1. The Labute approximate surface area is 148 Å². The zero-order valence-corrected chi connectivity index (χ0v) is 15.1. The maximum atomic E-state index is 4.43. The predicted octanol–water partition coefficient (Wildman–Crippen LogP) is 3.33. The van der Waals surface area contributed by atoms with Gasteiger partial charge in [0.05, 0.1) is 11.7 Å². The van der Waals surface area contributed by atoms with E-state index >= 15 is 0 Å². The van der Waals surface area contributed by atoms with E-state index in [1.54, 1.807) is 0 Å². The number of aryl methyl sites for hydroxylation is 1. The van der Waals surface area contributed by atoms with Gasteiger partial charge in [0.2, 0.25) is 0 Å². The molecule has 1 aliphatic rings. The molecule has 2 heterocycles. The summed E-state index contributed by atoms with van der Waals surface area (Å²) in [6.07, 6.45) is 1.02. The number of tetrazole rings is 1. The van der Waals surface area contributed by atoms with Gasteiger partial charge >= 0.3 is 0 Å². The van der Waals surface area contributed by atoms with Gasteiger partial charge in [0, 0.05) is 5.54 Å². The lowest BCUT2D eigenvalue weighted by molar-refractivity contribution is 0.0993. The van der Waals surface area contributed by atoms with Gasteiger partial charge in [0.25, 0.3) is 0 Å². The highest BCUT2D eigenvalue weighted by Crippen LogP contribution is 2.40. The second kappa shape index (κ2) is 5.77. The molecule has 1 atom stereocenters. The summed E-state index contributed by atoms with van der Waals surface area (Å²) in [5.41, 5.74) is 4.87. The number of benzene rings is 2. The molecule has 128 valence electrons. The predicted molar refractivity (Wildman–Crippen MR) is 97.7 cm³/mol. The van der Waals surface area contributed by atoms with Crippen molar-refractivity contribution in [1.82, 2.24) is 25.1 Å². The maximum Gasteiger partial charge on any atom is 0.178 e. The van der Waals surface area contributed by atoms with E-state index in [1.807, 2.05) is 16.8 Å². The monoisotopic (exact) mass is 333 g/mol. The molecule has 25 heavy (non-hydrogen) atoms. The van der Waals surface area contributed by atoms with E-state index in [0.717, 1.165) is 23.5 Å². The molecule has 4 rings (SSSR count). The van der Waals surface area contributed by atoms with Crippen molar-refractivity contribution in [2.45, 2.75) is 38.8 Å². The Kier molecular flexibility index (Phi) is 3.69. The lowest BCUT2D eigenvalue weighted by Crippen LogP contribution is -2.49. The summed E-state index contributed by atoms with van der Waals surface area (Å²) in [6, 6.07) is 16.9. The molecule has 5 heteroatoms. The molecular formula is C20H23N5. The third-order valence-electron chi connectivity index (χ3n) is 5.40. The lowest BCUT2D eigenvalue weighted by atomic mass is 9.81. The number of hydrogen-bond donors (Lipinski definition) is 0.